The number of hydrogen-bond acceptors (Lipinski definition) is 5. The van der Waals surface area contributed by atoms with Crippen LogP contribution in [0.1, 0.15) is 109 Å². The summed E-state index contributed by atoms with van der Waals surface area (Å²) in [6.45, 7) is 20.9. The highest BCUT2D eigenvalue weighted by molar-refractivity contribution is 5.93. The lowest BCUT2D eigenvalue weighted by Gasteiger charge is -2.31. The number of nitrogens with two attached hydrogens (primary N) is 1. The van der Waals surface area contributed by atoms with Crippen LogP contribution in [-0.4, -0.2) is 63.4 Å². The summed E-state index contributed by atoms with van der Waals surface area (Å²) in [5.41, 5.74) is 12.3. The van der Waals surface area contributed by atoms with Crippen LogP contribution in [0.2, 0.25) is 0 Å². The smallest absolute Gasteiger partial charge is 0.253 e. The third kappa shape index (κ3) is 14.4. The van der Waals surface area contributed by atoms with Gasteiger partial charge in [0.15, 0.2) is 5.88 Å². The van der Waals surface area contributed by atoms with Crippen LogP contribution in [0.3, 0.4) is 0 Å². The topological polar surface area (TPSA) is 71.2 Å². The molecule has 0 saturated carbocycles. The number of nitrogens with zero attached hydrogens (tertiary/aromatic N) is 3. The van der Waals surface area contributed by atoms with Gasteiger partial charge in [-0.05, 0) is 79.2 Å². The van der Waals surface area contributed by atoms with Crippen molar-refractivity contribution in [2.24, 2.45) is 10.7 Å². The third-order valence-corrected chi connectivity index (χ3v) is 6.97. The molecule has 0 fully saturated rings. The van der Waals surface area contributed by atoms with Crippen LogP contribution in [-0.2, 0) is 4.74 Å². The van der Waals surface area contributed by atoms with Crippen LogP contribution in [0.5, 0.6) is 0 Å². The first kappa shape index (κ1) is 42.8. The second-order valence-corrected chi connectivity index (χ2v) is 10.3. The lowest BCUT2D eigenvalue weighted by atomic mass is 9.90. The summed E-state index contributed by atoms with van der Waals surface area (Å²) in [4.78, 5) is 19.4. The molecule has 2 N–H and O–H groups in total. The number of likely N-dealkylation sites (N-methyl/N-ethyl adjacent to an activating group) is 1. The molecule has 2 rings (SSSR count). The zero-order valence-electron chi connectivity index (χ0n) is 30.3. The highest BCUT2D eigenvalue weighted by Crippen LogP contribution is 2.30. The van der Waals surface area contributed by atoms with E-state index in [1.165, 1.54) is 36.8 Å². The van der Waals surface area contributed by atoms with E-state index in [2.05, 4.69) is 57.5 Å². The van der Waals surface area contributed by atoms with Gasteiger partial charge in [0.05, 0.1) is 13.3 Å². The SMILES string of the molecule is C=C(/C=C(\C)CC)/C(=C\C=NC)C1=C(OC)N(C)C(N)C=C1.CC.CC.CCCC(CCC)c1ccc(C(=O)N(C)C)cc1. The summed E-state index contributed by atoms with van der Waals surface area (Å²) in [5.74, 6) is 1.45. The molecule has 0 spiro atoms. The lowest BCUT2D eigenvalue weighted by molar-refractivity contribution is 0.0827. The number of methoxy groups -OCH3 is 1. The summed E-state index contributed by atoms with van der Waals surface area (Å²) in [6, 6.07) is 8.14. The molecule has 1 aromatic rings. The molecule has 0 aliphatic carbocycles. The predicted octanol–water partition coefficient (Wildman–Crippen LogP) is 9.29. The molecule has 0 aromatic heterocycles. The second kappa shape index (κ2) is 25.0. The molecule has 1 unspecified atom stereocenters. The van der Waals surface area contributed by atoms with Crippen molar-refractivity contribution in [1.29, 1.82) is 0 Å². The van der Waals surface area contributed by atoms with E-state index in [4.69, 9.17) is 10.5 Å². The molecule has 1 heterocycles. The first-order chi connectivity index (χ1) is 21.1. The van der Waals surface area contributed by atoms with Crippen LogP contribution in [0.15, 0.2) is 88.3 Å². The zero-order chi connectivity index (χ0) is 34.2. The summed E-state index contributed by atoms with van der Waals surface area (Å²) in [5, 5.41) is 0. The number of carbonyl (C=O) groups excluding carboxylic acids is 1. The van der Waals surface area contributed by atoms with Gasteiger partial charge in [-0.1, -0.05) is 91.7 Å². The number of ether oxygens (including phenoxy) is 1. The van der Waals surface area contributed by atoms with Crippen LogP contribution in [0, 0.1) is 0 Å². The third-order valence-electron chi connectivity index (χ3n) is 6.97. The van der Waals surface area contributed by atoms with Crippen molar-refractivity contribution in [3.8, 4) is 0 Å². The Morgan fingerprint density at radius 3 is 2.07 bits per heavy atom. The Balaban J connectivity index is 0. The normalized spacial score (nSPS) is 14.7. The molecule has 1 amide bonds. The molecular weight excluding hydrogens is 544 g/mol. The number of allylic oxidation sites excluding steroid dienone is 7. The molecular formula is C38H64N4O2. The average Bonchev–Trinajstić information content (AvgIpc) is 3.04. The first-order valence-corrected chi connectivity index (χ1v) is 16.3. The molecule has 6 nitrogen and oxygen atoms in total. The molecule has 0 radical (unpaired) electrons. The van der Waals surface area contributed by atoms with Crippen molar-refractivity contribution in [1.82, 2.24) is 9.80 Å². The van der Waals surface area contributed by atoms with Gasteiger partial charge in [-0.15, -0.1) is 0 Å². The van der Waals surface area contributed by atoms with E-state index in [9.17, 15) is 4.79 Å². The highest BCUT2D eigenvalue weighted by atomic mass is 16.5. The van der Waals surface area contributed by atoms with E-state index in [-0.39, 0.29) is 12.1 Å². The monoisotopic (exact) mass is 609 g/mol. The van der Waals surface area contributed by atoms with E-state index in [0.29, 0.717) is 5.92 Å². The van der Waals surface area contributed by atoms with Crippen LogP contribution in [0.25, 0.3) is 0 Å². The van der Waals surface area contributed by atoms with Gasteiger partial charge in [0, 0.05) is 45.5 Å². The van der Waals surface area contributed by atoms with Gasteiger partial charge in [-0.25, -0.2) is 0 Å². The van der Waals surface area contributed by atoms with Gasteiger partial charge in [-0.3, -0.25) is 9.79 Å². The Labute approximate surface area is 271 Å². The molecule has 248 valence electrons. The van der Waals surface area contributed by atoms with E-state index < -0.39 is 0 Å². The van der Waals surface area contributed by atoms with Crippen molar-refractivity contribution in [3.63, 3.8) is 0 Å². The van der Waals surface area contributed by atoms with Gasteiger partial charge in [0.1, 0.15) is 0 Å². The Hall–Kier alpha value is -3.38. The second-order valence-electron chi connectivity index (χ2n) is 10.3. The molecule has 0 saturated heterocycles. The fraction of sp³-hybridized carbons (Fsp3) is 0.526. The van der Waals surface area contributed by atoms with Crippen molar-refractivity contribution >= 4 is 12.1 Å². The minimum atomic E-state index is -0.194. The largest absolute Gasteiger partial charge is 0.482 e. The van der Waals surface area contributed by atoms with Crippen molar-refractivity contribution in [3.05, 3.63) is 94.5 Å². The summed E-state index contributed by atoms with van der Waals surface area (Å²) >= 11 is 0. The number of carbonyl (C=O) groups is 1. The van der Waals surface area contributed by atoms with Crippen LogP contribution >= 0.6 is 0 Å². The van der Waals surface area contributed by atoms with E-state index in [1.807, 2.05) is 70.0 Å². The number of hydrogen-bond donors (Lipinski definition) is 1. The van der Waals surface area contributed by atoms with E-state index >= 15 is 0 Å². The minimum Gasteiger partial charge on any atom is -0.482 e. The first-order valence-electron chi connectivity index (χ1n) is 16.3. The molecule has 6 heteroatoms. The van der Waals surface area contributed by atoms with Gasteiger partial charge in [0.25, 0.3) is 5.91 Å². The number of aliphatic imine (C=N–C) groups is 1. The minimum absolute atomic E-state index is 0.0732. The number of benzene rings is 1. The van der Waals surface area contributed by atoms with E-state index in [1.54, 1.807) is 39.4 Å². The molecule has 1 aliphatic rings. The van der Waals surface area contributed by atoms with Gasteiger partial charge >= 0.3 is 0 Å². The molecule has 1 atom stereocenters. The maximum atomic E-state index is 11.8. The van der Waals surface area contributed by atoms with Gasteiger partial charge in [0.2, 0.25) is 0 Å². The number of rotatable bonds is 12. The quantitative estimate of drug-likeness (QED) is 0.190. The Morgan fingerprint density at radius 2 is 1.64 bits per heavy atom. The van der Waals surface area contributed by atoms with Crippen molar-refractivity contribution in [2.45, 2.75) is 99.6 Å². The summed E-state index contributed by atoms with van der Waals surface area (Å²) in [6.07, 6.45) is 15.4. The Morgan fingerprint density at radius 1 is 1.09 bits per heavy atom. The maximum absolute atomic E-state index is 11.8. The van der Waals surface area contributed by atoms with Crippen molar-refractivity contribution in [2.75, 3.05) is 35.3 Å². The summed E-state index contributed by atoms with van der Waals surface area (Å²) in [7, 11) is 8.88. The fourth-order valence-corrected chi connectivity index (χ4v) is 4.51. The van der Waals surface area contributed by atoms with Crippen LogP contribution < -0.4 is 5.73 Å². The number of amides is 1. The Kier molecular flexibility index (Phi) is 24.3. The standard InChI is InChI=1S/C18H27N3O.C16H25NO.2C2H6/c1-7-13(2)12-14(3)15(10-11-20-4)16-8-9-17(19)21(5)18(16)22-6;1-5-7-13(8-6-2)14-9-11-15(12-10-14)16(18)17(3)4;2*1-2/h8-12,17H,3,7,19H2,1-2,4-6H3;9-13H,5-8H2,1-4H3;2*1-2H3/b13-12+,15-10+,20-11?;;;. The van der Waals surface area contributed by atoms with Gasteiger partial charge in [-0.2, -0.15) is 0 Å². The predicted molar refractivity (Wildman–Crippen MR) is 194 cm³/mol. The molecule has 0 bridgehead atoms. The molecule has 1 aliphatic heterocycles. The van der Waals surface area contributed by atoms with E-state index in [0.717, 1.165) is 34.6 Å². The highest BCUT2D eigenvalue weighted by Gasteiger charge is 2.22. The average molecular weight is 609 g/mol. The maximum Gasteiger partial charge on any atom is 0.253 e. The molecule has 1 aromatic carbocycles. The summed E-state index contributed by atoms with van der Waals surface area (Å²) < 4.78 is 5.56. The van der Waals surface area contributed by atoms with Crippen LogP contribution in [0.4, 0.5) is 0 Å². The molecule has 44 heavy (non-hydrogen) atoms. The Bertz CT molecular complexity index is 1100. The van der Waals surface area contributed by atoms with Crippen molar-refractivity contribution < 1.29 is 9.53 Å². The fourth-order valence-electron chi connectivity index (χ4n) is 4.51. The zero-order valence-corrected chi connectivity index (χ0v) is 30.3. The van der Waals surface area contributed by atoms with Gasteiger partial charge < -0.3 is 20.3 Å². The lowest BCUT2D eigenvalue weighted by Crippen LogP contribution is -2.40.